The van der Waals surface area contributed by atoms with Crippen molar-refractivity contribution in [3.05, 3.63) is 35.4 Å². The van der Waals surface area contributed by atoms with E-state index in [1.165, 1.54) is 12.1 Å². The van der Waals surface area contributed by atoms with Gasteiger partial charge in [0.2, 0.25) is 0 Å². The number of benzene rings is 1. The van der Waals surface area contributed by atoms with Crippen LogP contribution in [0, 0.1) is 0 Å². The monoisotopic (exact) mass is 397 g/mol. The van der Waals surface area contributed by atoms with E-state index in [-0.39, 0.29) is 12.2 Å². The van der Waals surface area contributed by atoms with E-state index >= 15 is 0 Å². The molecule has 3 rings (SSSR count). The van der Waals surface area contributed by atoms with E-state index in [1.807, 2.05) is 0 Å². The number of hydrogen-bond donors (Lipinski definition) is 1. The van der Waals surface area contributed by atoms with Crippen molar-refractivity contribution in [1.29, 1.82) is 0 Å². The van der Waals surface area contributed by atoms with Gasteiger partial charge in [-0.05, 0) is 43.7 Å². The fourth-order valence-electron chi connectivity index (χ4n) is 3.54. The molecule has 1 aromatic carbocycles. The summed E-state index contributed by atoms with van der Waals surface area (Å²) in [5, 5.41) is 7.96. The van der Waals surface area contributed by atoms with Crippen LogP contribution in [0.15, 0.2) is 34.5 Å². The summed E-state index contributed by atoms with van der Waals surface area (Å²) in [5.41, 5.74) is 6.38. The Balaban J connectivity index is 1.58. The molecule has 2 N–H and O–H groups in total. The predicted octanol–water partition coefficient (Wildman–Crippen LogP) is 4.62. The highest BCUT2D eigenvalue weighted by atomic mass is 19.4. The molecule has 2 aliphatic rings. The van der Waals surface area contributed by atoms with Crippen LogP contribution in [-0.2, 0) is 15.7 Å². The minimum absolute atomic E-state index is 0.125. The van der Waals surface area contributed by atoms with Crippen LogP contribution in [0.3, 0.4) is 0 Å². The Kier molecular flexibility index (Phi) is 7.07. The van der Waals surface area contributed by atoms with Gasteiger partial charge in [-0.15, -0.1) is 5.10 Å². The van der Waals surface area contributed by atoms with Gasteiger partial charge in [-0.2, -0.15) is 18.3 Å². The Labute approximate surface area is 162 Å². The second-order valence-electron chi connectivity index (χ2n) is 7.20. The van der Waals surface area contributed by atoms with Gasteiger partial charge in [0, 0.05) is 25.6 Å². The molecule has 8 heteroatoms. The zero-order valence-corrected chi connectivity index (χ0v) is 15.8. The first-order valence-corrected chi connectivity index (χ1v) is 9.72. The van der Waals surface area contributed by atoms with Gasteiger partial charge in [0.1, 0.15) is 5.84 Å². The van der Waals surface area contributed by atoms with E-state index < -0.39 is 11.7 Å². The summed E-state index contributed by atoms with van der Waals surface area (Å²) in [5.74, 6) is 0.155. The molecule has 0 bridgehead atoms. The number of nitrogens with zero attached hydrogens (tertiary/aromatic N) is 2. The molecule has 2 aliphatic heterocycles. The number of hydrogen-bond acceptors (Lipinski definition) is 5. The minimum atomic E-state index is -4.37. The van der Waals surface area contributed by atoms with Crippen molar-refractivity contribution in [1.82, 2.24) is 0 Å². The number of halogens is 3. The predicted molar refractivity (Wildman–Crippen MR) is 101 cm³/mol. The van der Waals surface area contributed by atoms with Crippen molar-refractivity contribution in [2.24, 2.45) is 15.9 Å². The van der Waals surface area contributed by atoms with Crippen molar-refractivity contribution >= 4 is 11.5 Å². The zero-order valence-electron chi connectivity index (χ0n) is 15.8. The van der Waals surface area contributed by atoms with Crippen molar-refractivity contribution in [2.75, 3.05) is 13.2 Å². The molecule has 0 aromatic heterocycles. The fourth-order valence-corrected chi connectivity index (χ4v) is 3.54. The standard InChI is InChI=1S/C20H26F3N3O2/c21-20(22,23)15-7-5-6-14(12-15)16(17-13-18(24)26-25-17)8-1-3-10-27-19-9-2-4-11-28-19/h5-7,12,16,19H,1-4,8-11,13H2,(H2,24,26). The van der Waals surface area contributed by atoms with Crippen LogP contribution in [0.5, 0.6) is 0 Å². The first-order valence-electron chi connectivity index (χ1n) is 9.72. The Morgan fingerprint density at radius 3 is 2.75 bits per heavy atom. The van der Waals surface area contributed by atoms with Crippen LogP contribution in [0.2, 0.25) is 0 Å². The maximum atomic E-state index is 13.1. The quantitative estimate of drug-likeness (QED) is 0.651. The van der Waals surface area contributed by atoms with Gasteiger partial charge < -0.3 is 15.2 Å². The third-order valence-corrected chi connectivity index (χ3v) is 5.02. The van der Waals surface area contributed by atoms with Crippen molar-refractivity contribution < 1.29 is 22.6 Å². The lowest BCUT2D eigenvalue weighted by Crippen LogP contribution is -2.22. The van der Waals surface area contributed by atoms with E-state index in [4.69, 9.17) is 15.2 Å². The first kappa shape index (κ1) is 20.8. The number of unbranched alkanes of at least 4 members (excludes halogenated alkanes) is 1. The van der Waals surface area contributed by atoms with E-state index in [2.05, 4.69) is 10.2 Å². The summed E-state index contributed by atoms with van der Waals surface area (Å²) in [4.78, 5) is 0. The largest absolute Gasteiger partial charge is 0.416 e. The number of alkyl halides is 3. The van der Waals surface area contributed by atoms with Gasteiger partial charge in [-0.1, -0.05) is 24.6 Å². The van der Waals surface area contributed by atoms with Crippen LogP contribution >= 0.6 is 0 Å². The molecule has 0 radical (unpaired) electrons. The highest BCUT2D eigenvalue weighted by molar-refractivity contribution is 6.08. The molecule has 28 heavy (non-hydrogen) atoms. The van der Waals surface area contributed by atoms with Gasteiger partial charge in [0.15, 0.2) is 6.29 Å². The second-order valence-corrected chi connectivity index (χ2v) is 7.20. The Hall–Kier alpha value is -1.93. The SMILES string of the molecule is NC1=NN=C(C(CCCCOC2CCCCO2)c2cccc(C(F)(F)F)c2)C1. The summed E-state index contributed by atoms with van der Waals surface area (Å²) in [7, 11) is 0. The third kappa shape index (κ3) is 5.78. The van der Waals surface area contributed by atoms with Gasteiger partial charge >= 0.3 is 6.18 Å². The number of ether oxygens (including phenoxy) is 2. The summed E-state index contributed by atoms with van der Waals surface area (Å²) in [6, 6.07) is 5.44. The van der Waals surface area contributed by atoms with Crippen LogP contribution in [0.4, 0.5) is 13.2 Å². The van der Waals surface area contributed by atoms with Crippen LogP contribution in [0.1, 0.15) is 62.0 Å². The first-order chi connectivity index (χ1) is 13.4. The molecule has 5 nitrogen and oxygen atoms in total. The van der Waals surface area contributed by atoms with Gasteiger partial charge in [-0.3, -0.25) is 0 Å². The molecule has 0 aliphatic carbocycles. The molecular formula is C20H26F3N3O2. The molecule has 2 heterocycles. The summed E-state index contributed by atoms with van der Waals surface area (Å²) < 4.78 is 50.6. The van der Waals surface area contributed by atoms with Crippen LogP contribution in [-0.4, -0.2) is 31.1 Å². The molecule has 0 saturated carbocycles. The van der Waals surface area contributed by atoms with Crippen molar-refractivity contribution in [3.8, 4) is 0 Å². The lowest BCUT2D eigenvalue weighted by atomic mass is 9.87. The number of nitrogens with two attached hydrogens (primary N) is 1. The molecular weight excluding hydrogens is 371 g/mol. The van der Waals surface area contributed by atoms with Crippen LogP contribution in [0.25, 0.3) is 0 Å². The molecule has 0 amide bonds. The van der Waals surface area contributed by atoms with Gasteiger partial charge in [0.25, 0.3) is 0 Å². The lowest BCUT2D eigenvalue weighted by molar-refractivity contribution is -0.162. The fraction of sp³-hybridized carbons (Fsp3) is 0.600. The maximum absolute atomic E-state index is 13.1. The molecule has 154 valence electrons. The molecule has 0 spiro atoms. The Morgan fingerprint density at radius 1 is 1.21 bits per heavy atom. The lowest BCUT2D eigenvalue weighted by Gasteiger charge is -2.23. The number of rotatable bonds is 8. The average Bonchev–Trinajstić information content (AvgIpc) is 3.11. The van der Waals surface area contributed by atoms with Gasteiger partial charge in [0.05, 0.1) is 11.3 Å². The summed E-state index contributed by atoms with van der Waals surface area (Å²) >= 11 is 0. The van der Waals surface area contributed by atoms with E-state index in [9.17, 15) is 13.2 Å². The smallest absolute Gasteiger partial charge is 0.385 e. The zero-order chi connectivity index (χ0) is 20.0. The molecule has 2 unspecified atom stereocenters. The van der Waals surface area contributed by atoms with E-state index in [0.29, 0.717) is 36.6 Å². The van der Waals surface area contributed by atoms with E-state index in [1.54, 1.807) is 6.07 Å². The molecule has 1 aromatic rings. The Bertz CT molecular complexity index is 713. The third-order valence-electron chi connectivity index (χ3n) is 5.02. The van der Waals surface area contributed by atoms with Gasteiger partial charge in [-0.25, -0.2) is 0 Å². The second kappa shape index (κ2) is 9.52. The van der Waals surface area contributed by atoms with E-state index in [0.717, 1.165) is 44.8 Å². The Morgan fingerprint density at radius 2 is 2.07 bits per heavy atom. The van der Waals surface area contributed by atoms with Crippen LogP contribution < -0.4 is 5.73 Å². The van der Waals surface area contributed by atoms with Crippen molar-refractivity contribution in [2.45, 2.75) is 63.3 Å². The summed E-state index contributed by atoms with van der Waals surface area (Å²) in [6.07, 6.45) is 1.27. The molecule has 1 saturated heterocycles. The normalized spacial score (nSPS) is 21.3. The van der Waals surface area contributed by atoms with Crippen molar-refractivity contribution in [3.63, 3.8) is 0 Å². The average molecular weight is 397 g/mol. The molecule has 2 atom stereocenters. The maximum Gasteiger partial charge on any atom is 0.416 e. The molecule has 1 fully saturated rings. The topological polar surface area (TPSA) is 69.2 Å². The minimum Gasteiger partial charge on any atom is -0.385 e. The number of amidine groups is 1. The highest BCUT2D eigenvalue weighted by Gasteiger charge is 2.32. The summed E-state index contributed by atoms with van der Waals surface area (Å²) in [6.45, 7) is 1.31. The highest BCUT2D eigenvalue weighted by Crippen LogP contribution is 2.34.